The Bertz CT molecular complexity index is 1090. The Balaban J connectivity index is 1.32. The van der Waals surface area contributed by atoms with E-state index in [1.807, 2.05) is 0 Å². The lowest BCUT2D eigenvalue weighted by atomic mass is 10.0. The maximum absolute atomic E-state index is 14.5. The fourth-order valence-corrected chi connectivity index (χ4v) is 4.62. The number of hydrogen-bond donors (Lipinski definition) is 1. The summed E-state index contributed by atoms with van der Waals surface area (Å²) in [4.78, 5) is 43.9. The van der Waals surface area contributed by atoms with E-state index >= 15 is 0 Å². The van der Waals surface area contributed by atoms with E-state index < -0.39 is 17.8 Å². The Morgan fingerprint density at radius 1 is 1.16 bits per heavy atom. The van der Waals surface area contributed by atoms with Crippen molar-refractivity contribution in [3.63, 3.8) is 0 Å². The van der Waals surface area contributed by atoms with E-state index in [-0.39, 0.29) is 36.8 Å². The zero-order chi connectivity index (χ0) is 22.4. The summed E-state index contributed by atoms with van der Waals surface area (Å²) in [7, 11) is 1.72. The molecule has 3 aliphatic heterocycles. The van der Waals surface area contributed by atoms with Crippen LogP contribution in [0.15, 0.2) is 12.1 Å². The largest absolute Gasteiger partial charge is 0.369 e. The average Bonchev–Trinajstić information content (AvgIpc) is 3.31. The van der Waals surface area contributed by atoms with Crippen LogP contribution in [0.3, 0.4) is 0 Å². The second-order valence-corrected chi connectivity index (χ2v) is 8.31. The third-order valence-electron chi connectivity index (χ3n) is 6.22. The van der Waals surface area contributed by atoms with Crippen molar-refractivity contribution in [3.05, 3.63) is 34.9 Å². The van der Waals surface area contributed by atoms with Gasteiger partial charge < -0.3 is 9.80 Å². The van der Waals surface area contributed by atoms with Crippen molar-refractivity contribution in [2.24, 2.45) is 7.05 Å². The van der Waals surface area contributed by atoms with Crippen molar-refractivity contribution in [1.29, 1.82) is 0 Å². The van der Waals surface area contributed by atoms with Crippen LogP contribution in [0.4, 0.5) is 10.1 Å². The summed E-state index contributed by atoms with van der Waals surface area (Å²) in [5, 5.41) is 14.4. The van der Waals surface area contributed by atoms with Crippen LogP contribution in [0, 0.1) is 5.82 Å². The first-order valence-corrected chi connectivity index (χ1v) is 10.6. The predicted octanol–water partition coefficient (Wildman–Crippen LogP) is -0.568. The second-order valence-electron chi connectivity index (χ2n) is 8.31. The van der Waals surface area contributed by atoms with Gasteiger partial charge in [-0.25, -0.2) is 4.39 Å². The normalized spacial score (nSPS) is 21.8. The van der Waals surface area contributed by atoms with Gasteiger partial charge in [0.1, 0.15) is 11.9 Å². The van der Waals surface area contributed by atoms with Crippen LogP contribution in [0.2, 0.25) is 0 Å². The maximum Gasteiger partial charge on any atom is 0.255 e. The number of nitrogens with one attached hydrogen (secondary N) is 1. The van der Waals surface area contributed by atoms with Crippen molar-refractivity contribution in [1.82, 2.24) is 35.3 Å². The van der Waals surface area contributed by atoms with Crippen LogP contribution in [0.5, 0.6) is 0 Å². The minimum Gasteiger partial charge on any atom is -0.369 e. The lowest BCUT2D eigenvalue weighted by molar-refractivity contribution is -0.136. The van der Waals surface area contributed by atoms with Crippen LogP contribution in [-0.2, 0) is 29.7 Å². The third-order valence-corrected chi connectivity index (χ3v) is 6.22. The number of hydrogen-bond acceptors (Lipinski definition) is 8. The smallest absolute Gasteiger partial charge is 0.255 e. The van der Waals surface area contributed by atoms with Crippen LogP contribution < -0.4 is 10.2 Å². The number of rotatable bonds is 4. The molecular weight excluding hydrogens is 419 g/mol. The van der Waals surface area contributed by atoms with Gasteiger partial charge in [-0.3, -0.25) is 24.6 Å². The number of carbonyl (C=O) groups excluding carboxylic acids is 3. The molecule has 5 rings (SSSR count). The number of halogens is 1. The molecule has 0 aliphatic carbocycles. The molecule has 0 radical (unpaired) electrons. The highest BCUT2D eigenvalue weighted by atomic mass is 19.1. The van der Waals surface area contributed by atoms with E-state index in [0.717, 1.165) is 18.7 Å². The molecule has 4 heterocycles. The lowest BCUT2D eigenvalue weighted by Gasteiger charge is -2.36. The van der Waals surface area contributed by atoms with Crippen LogP contribution in [0.25, 0.3) is 0 Å². The summed E-state index contributed by atoms with van der Waals surface area (Å²) in [5.74, 6) is -1.02. The molecule has 2 fully saturated rings. The lowest BCUT2D eigenvalue weighted by Crippen LogP contribution is -2.52. The summed E-state index contributed by atoms with van der Waals surface area (Å²) in [6.45, 7) is 3.58. The number of benzene rings is 1. The van der Waals surface area contributed by atoms with Gasteiger partial charge >= 0.3 is 0 Å². The number of aryl methyl sites for hydroxylation is 1. The van der Waals surface area contributed by atoms with Gasteiger partial charge in [-0.05, 0) is 23.8 Å². The molecule has 0 bridgehead atoms. The van der Waals surface area contributed by atoms with Gasteiger partial charge in [0, 0.05) is 56.0 Å². The molecule has 1 aromatic heterocycles. The number of amides is 3. The number of carbonyl (C=O) groups is 3. The van der Waals surface area contributed by atoms with Gasteiger partial charge in [0.2, 0.25) is 11.8 Å². The van der Waals surface area contributed by atoms with Gasteiger partial charge in [-0.15, -0.1) is 10.2 Å². The van der Waals surface area contributed by atoms with Gasteiger partial charge in [0.25, 0.3) is 5.91 Å². The molecule has 2 aromatic rings. The van der Waals surface area contributed by atoms with E-state index in [9.17, 15) is 18.8 Å². The van der Waals surface area contributed by atoms with E-state index in [2.05, 4.69) is 30.5 Å². The minimum absolute atomic E-state index is 0.181. The fraction of sp³-hybridized carbons (Fsp3) is 0.500. The predicted molar refractivity (Wildman–Crippen MR) is 109 cm³/mol. The summed E-state index contributed by atoms with van der Waals surface area (Å²) in [6, 6.07) is 1.98. The van der Waals surface area contributed by atoms with Gasteiger partial charge in [-0.2, -0.15) is 4.80 Å². The van der Waals surface area contributed by atoms with Gasteiger partial charge in [0.15, 0.2) is 5.82 Å². The molecule has 168 valence electrons. The average molecular weight is 442 g/mol. The van der Waals surface area contributed by atoms with Crippen LogP contribution in [0.1, 0.15) is 34.6 Å². The molecule has 1 aromatic carbocycles. The highest BCUT2D eigenvalue weighted by Gasteiger charge is 2.41. The first-order chi connectivity index (χ1) is 15.4. The van der Waals surface area contributed by atoms with Crippen molar-refractivity contribution < 1.29 is 18.8 Å². The Morgan fingerprint density at radius 3 is 2.62 bits per heavy atom. The number of aromatic nitrogens is 4. The first kappa shape index (κ1) is 20.5. The van der Waals surface area contributed by atoms with E-state index in [1.54, 1.807) is 7.05 Å². The Hall–Kier alpha value is -3.41. The third kappa shape index (κ3) is 3.70. The van der Waals surface area contributed by atoms with Crippen LogP contribution in [-0.4, -0.2) is 79.9 Å². The molecule has 0 saturated carbocycles. The summed E-state index contributed by atoms with van der Waals surface area (Å²) in [6.07, 6.45) is 0.456. The quantitative estimate of drug-likeness (QED) is 0.626. The summed E-state index contributed by atoms with van der Waals surface area (Å²) in [5.41, 5.74) is 1.70. The first-order valence-electron chi connectivity index (χ1n) is 10.6. The number of piperazine rings is 1. The minimum atomic E-state index is -0.722. The molecule has 3 amide bonds. The van der Waals surface area contributed by atoms with E-state index in [0.29, 0.717) is 31.1 Å². The van der Waals surface area contributed by atoms with Crippen molar-refractivity contribution in [2.45, 2.75) is 32.0 Å². The van der Waals surface area contributed by atoms with Crippen molar-refractivity contribution in [3.8, 4) is 0 Å². The molecule has 1 unspecified atom stereocenters. The number of tetrazole rings is 1. The van der Waals surface area contributed by atoms with Gasteiger partial charge in [-0.1, -0.05) is 0 Å². The van der Waals surface area contributed by atoms with Crippen molar-refractivity contribution >= 4 is 23.4 Å². The topological polar surface area (TPSA) is 117 Å². The highest BCUT2D eigenvalue weighted by Crippen LogP contribution is 2.35. The molecule has 1 atom stereocenters. The molecule has 12 heteroatoms. The highest BCUT2D eigenvalue weighted by molar-refractivity contribution is 6.06. The Labute approximate surface area is 183 Å². The number of piperidine rings is 1. The molecule has 11 nitrogen and oxygen atoms in total. The number of nitrogens with zero attached hydrogens (tertiary/aromatic N) is 7. The number of fused-ring (bicyclic) bond motifs is 1. The Kier molecular flexibility index (Phi) is 5.08. The summed E-state index contributed by atoms with van der Waals surface area (Å²) >= 11 is 0. The van der Waals surface area contributed by atoms with Crippen molar-refractivity contribution in [2.75, 3.05) is 31.1 Å². The fourth-order valence-electron chi connectivity index (χ4n) is 4.62. The zero-order valence-electron chi connectivity index (χ0n) is 17.6. The van der Waals surface area contributed by atoms with E-state index in [4.69, 9.17) is 0 Å². The Morgan fingerprint density at radius 2 is 1.94 bits per heavy atom. The standard InChI is InChI=1S/C20H23FN8O3/c1-26-24-17(23-25-26)11-27-4-6-28(7-5-27)16-9-12(21)8-13-14(16)10-29(20(13)32)15-2-3-18(30)22-19(15)31/h8-9,15H,2-7,10-11H2,1H3,(H,22,30,31). The van der Waals surface area contributed by atoms with E-state index in [1.165, 1.54) is 21.8 Å². The van der Waals surface area contributed by atoms with Crippen LogP contribution >= 0.6 is 0 Å². The zero-order valence-corrected chi connectivity index (χ0v) is 17.6. The number of imide groups is 1. The SMILES string of the molecule is Cn1nnc(CN2CCN(c3cc(F)cc4c3CN(C3CCC(=O)NC3=O)C4=O)CC2)n1. The monoisotopic (exact) mass is 442 g/mol. The second kappa shape index (κ2) is 7.93. The molecule has 0 spiro atoms. The number of anilines is 1. The molecule has 2 saturated heterocycles. The molecule has 1 N–H and O–H groups in total. The summed E-state index contributed by atoms with van der Waals surface area (Å²) < 4.78 is 14.5. The molecule has 32 heavy (non-hydrogen) atoms. The maximum atomic E-state index is 14.5. The molecule has 3 aliphatic rings. The van der Waals surface area contributed by atoms with Gasteiger partial charge in [0.05, 0.1) is 13.6 Å². The molecular formula is C20H23FN8O3.